The van der Waals surface area contributed by atoms with Crippen LogP contribution in [0.15, 0.2) is 65.9 Å². The summed E-state index contributed by atoms with van der Waals surface area (Å²) in [6.07, 6.45) is 3.01. The summed E-state index contributed by atoms with van der Waals surface area (Å²) < 4.78 is 0. The highest BCUT2D eigenvalue weighted by atomic mass is 16.3. The number of anilines is 2. The molecule has 2 atom stereocenters. The molecule has 2 aromatic carbocycles. The van der Waals surface area contributed by atoms with Crippen LogP contribution in [-0.2, 0) is 33.8 Å². The van der Waals surface area contributed by atoms with Gasteiger partial charge in [0, 0.05) is 12.2 Å². The van der Waals surface area contributed by atoms with Gasteiger partial charge in [-0.2, -0.15) is 0 Å². The van der Waals surface area contributed by atoms with Gasteiger partial charge in [-0.15, -0.1) is 0 Å². The Bertz CT molecular complexity index is 1270. The van der Waals surface area contributed by atoms with Crippen LogP contribution in [0.2, 0.25) is 0 Å². The van der Waals surface area contributed by atoms with Gasteiger partial charge in [0.1, 0.15) is 12.0 Å². The first-order chi connectivity index (χ1) is 18.2. The van der Waals surface area contributed by atoms with E-state index in [1.807, 2.05) is 6.92 Å². The standard InChI is InChI=1S/C28H32N4O6/c1-3-4-5-24(35)26(17(2)34)27(37)30-21(16-33)13-18-6-9-22(10-7-18)32-25(36)14-20-12-19(15-29)8-11-23(20)31-28(32)38/h4-12,16-17,21,34-35H,3,13-15,29H2,1-2H3,(H,30,37)(H,31,38)/b5-4-,26-24-. The summed E-state index contributed by atoms with van der Waals surface area (Å²) in [5.74, 6) is -1.55. The molecular formula is C28H32N4O6. The SMILES string of the molecule is CC/C=C\C(O)=C(\C(=O)NC(C=O)Cc1ccc(N2C(=O)Cc3cc(CN)ccc3NC2=O)cc1)C(C)O. The number of rotatable bonds is 10. The fraction of sp³-hybridized carbons (Fsp3) is 0.286. The number of hydrogen-bond acceptors (Lipinski definition) is 7. The molecule has 0 spiro atoms. The first-order valence-corrected chi connectivity index (χ1v) is 12.3. The van der Waals surface area contributed by atoms with Crippen molar-refractivity contribution in [3.05, 3.63) is 82.6 Å². The molecule has 10 heteroatoms. The van der Waals surface area contributed by atoms with Crippen molar-refractivity contribution in [2.24, 2.45) is 5.73 Å². The minimum atomic E-state index is -1.26. The molecule has 6 N–H and O–H groups in total. The molecule has 0 saturated carbocycles. The van der Waals surface area contributed by atoms with Gasteiger partial charge in [0.25, 0.3) is 5.91 Å². The van der Waals surface area contributed by atoms with E-state index in [4.69, 9.17) is 5.73 Å². The molecule has 10 nitrogen and oxygen atoms in total. The largest absolute Gasteiger partial charge is 0.507 e. The van der Waals surface area contributed by atoms with Gasteiger partial charge in [-0.25, -0.2) is 9.69 Å². The zero-order valence-corrected chi connectivity index (χ0v) is 21.3. The van der Waals surface area contributed by atoms with E-state index >= 15 is 0 Å². The maximum Gasteiger partial charge on any atom is 0.333 e. The third-order valence-corrected chi connectivity index (χ3v) is 6.02. The van der Waals surface area contributed by atoms with E-state index in [-0.39, 0.29) is 24.2 Å². The van der Waals surface area contributed by atoms with E-state index in [2.05, 4.69) is 10.6 Å². The molecule has 1 heterocycles. The first kappa shape index (κ1) is 28.3. The van der Waals surface area contributed by atoms with Crippen molar-refractivity contribution in [3.63, 3.8) is 0 Å². The van der Waals surface area contributed by atoms with Crippen molar-refractivity contribution in [1.82, 2.24) is 5.32 Å². The van der Waals surface area contributed by atoms with E-state index < -0.39 is 30.0 Å². The van der Waals surface area contributed by atoms with Crippen LogP contribution in [0.4, 0.5) is 16.2 Å². The Morgan fingerprint density at radius 1 is 1.18 bits per heavy atom. The number of hydrogen-bond donors (Lipinski definition) is 5. The summed E-state index contributed by atoms with van der Waals surface area (Å²) in [4.78, 5) is 51.2. The molecule has 0 aromatic heterocycles. The van der Waals surface area contributed by atoms with Crippen LogP contribution in [0.5, 0.6) is 0 Å². The molecule has 0 saturated heterocycles. The Labute approximate surface area is 220 Å². The smallest absolute Gasteiger partial charge is 0.333 e. The Morgan fingerprint density at radius 3 is 2.47 bits per heavy atom. The summed E-state index contributed by atoms with van der Waals surface area (Å²) in [5.41, 5.74) is 8.52. The summed E-state index contributed by atoms with van der Waals surface area (Å²) in [6.45, 7) is 3.51. The van der Waals surface area contributed by atoms with E-state index in [0.717, 1.165) is 10.5 Å². The van der Waals surface area contributed by atoms with Gasteiger partial charge in [0.15, 0.2) is 0 Å². The van der Waals surface area contributed by atoms with Gasteiger partial charge in [0.2, 0.25) is 5.91 Å². The highest BCUT2D eigenvalue weighted by Gasteiger charge is 2.29. The molecule has 2 aromatic rings. The summed E-state index contributed by atoms with van der Waals surface area (Å²) in [7, 11) is 0. The number of carbonyl (C=O) groups is 4. The van der Waals surface area contributed by atoms with Crippen LogP contribution in [-0.4, -0.2) is 46.5 Å². The highest BCUT2D eigenvalue weighted by molar-refractivity contribution is 6.20. The summed E-state index contributed by atoms with van der Waals surface area (Å²) in [5, 5.41) is 25.4. The number of benzene rings is 2. The summed E-state index contributed by atoms with van der Waals surface area (Å²) >= 11 is 0. The van der Waals surface area contributed by atoms with Crippen LogP contribution in [0.1, 0.15) is 37.0 Å². The fourth-order valence-electron chi connectivity index (χ4n) is 4.08. The Balaban J connectivity index is 1.73. The number of nitrogens with zero attached hydrogens (tertiary/aromatic N) is 1. The number of nitrogens with two attached hydrogens (primary N) is 1. The van der Waals surface area contributed by atoms with Gasteiger partial charge in [-0.3, -0.25) is 9.59 Å². The Kier molecular flexibility index (Phi) is 9.53. The lowest BCUT2D eigenvalue weighted by Gasteiger charge is -2.20. The number of aliphatic hydroxyl groups is 2. The average Bonchev–Trinajstić information content (AvgIpc) is 3.01. The van der Waals surface area contributed by atoms with Gasteiger partial charge >= 0.3 is 6.03 Å². The van der Waals surface area contributed by atoms with Crippen LogP contribution in [0.3, 0.4) is 0 Å². The molecule has 0 fully saturated rings. The van der Waals surface area contributed by atoms with Crippen LogP contribution in [0.25, 0.3) is 0 Å². The number of carbonyl (C=O) groups excluding carboxylic acids is 4. The second-order valence-corrected chi connectivity index (χ2v) is 8.90. The van der Waals surface area contributed by atoms with Crippen LogP contribution < -0.4 is 21.3 Å². The van der Waals surface area contributed by atoms with Crippen molar-refractivity contribution in [3.8, 4) is 0 Å². The van der Waals surface area contributed by atoms with Gasteiger partial charge in [-0.1, -0.05) is 37.3 Å². The van der Waals surface area contributed by atoms with Crippen molar-refractivity contribution >= 4 is 35.5 Å². The van der Waals surface area contributed by atoms with E-state index in [9.17, 15) is 29.4 Å². The molecular weight excluding hydrogens is 488 g/mol. The molecule has 1 aliphatic rings. The second kappa shape index (κ2) is 12.8. The number of amides is 4. The third-order valence-electron chi connectivity index (χ3n) is 6.02. The van der Waals surface area contributed by atoms with E-state index in [1.165, 1.54) is 13.0 Å². The van der Waals surface area contributed by atoms with Gasteiger partial charge in [-0.05, 0) is 60.7 Å². The number of imide groups is 1. The topological polar surface area (TPSA) is 162 Å². The zero-order valence-electron chi connectivity index (χ0n) is 21.3. The van der Waals surface area contributed by atoms with E-state index in [0.29, 0.717) is 41.8 Å². The van der Waals surface area contributed by atoms with Crippen LogP contribution >= 0.6 is 0 Å². The first-order valence-electron chi connectivity index (χ1n) is 12.3. The maximum atomic E-state index is 12.9. The van der Waals surface area contributed by atoms with Gasteiger partial charge < -0.3 is 31.4 Å². The maximum absolute atomic E-state index is 12.9. The molecule has 0 aliphatic carbocycles. The predicted molar refractivity (Wildman–Crippen MR) is 143 cm³/mol. The van der Waals surface area contributed by atoms with Crippen LogP contribution in [0, 0.1) is 0 Å². The third kappa shape index (κ3) is 6.72. The second-order valence-electron chi connectivity index (χ2n) is 8.90. The van der Waals surface area contributed by atoms with Crippen molar-refractivity contribution in [2.75, 3.05) is 10.2 Å². The normalized spacial score (nSPS) is 15.7. The fourth-order valence-corrected chi connectivity index (χ4v) is 4.08. The monoisotopic (exact) mass is 520 g/mol. The lowest BCUT2D eigenvalue weighted by atomic mass is 10.0. The number of aldehydes is 1. The van der Waals surface area contributed by atoms with Crippen molar-refractivity contribution in [1.29, 1.82) is 0 Å². The number of fused-ring (bicyclic) bond motifs is 1. The molecule has 1 aliphatic heterocycles. The Hall–Kier alpha value is -4.28. The predicted octanol–water partition coefficient (Wildman–Crippen LogP) is 2.65. The minimum Gasteiger partial charge on any atom is -0.507 e. The van der Waals surface area contributed by atoms with Crippen molar-refractivity contribution < 1.29 is 29.4 Å². The molecule has 2 unspecified atom stereocenters. The van der Waals surface area contributed by atoms with E-state index in [1.54, 1.807) is 48.5 Å². The molecule has 38 heavy (non-hydrogen) atoms. The number of allylic oxidation sites excluding steroid dienone is 2. The quantitative estimate of drug-likeness (QED) is 0.139. The highest BCUT2D eigenvalue weighted by Crippen LogP contribution is 2.26. The molecule has 0 radical (unpaired) electrons. The molecule has 0 bridgehead atoms. The zero-order chi connectivity index (χ0) is 27.8. The molecule has 200 valence electrons. The number of aliphatic hydroxyl groups excluding tert-OH is 2. The average molecular weight is 521 g/mol. The molecule has 3 rings (SSSR count). The molecule has 4 amide bonds. The Morgan fingerprint density at radius 2 is 1.87 bits per heavy atom. The summed E-state index contributed by atoms with van der Waals surface area (Å²) in [6, 6.07) is 10.2. The minimum absolute atomic E-state index is 0.0162. The lowest BCUT2D eigenvalue weighted by Crippen LogP contribution is -2.40. The number of nitrogens with one attached hydrogen (secondary N) is 2. The lowest BCUT2D eigenvalue weighted by molar-refractivity contribution is -0.121. The number of urea groups is 1. The van der Waals surface area contributed by atoms with Crippen molar-refractivity contribution in [2.45, 2.75) is 51.8 Å². The van der Waals surface area contributed by atoms with Gasteiger partial charge in [0.05, 0.1) is 29.8 Å².